The third-order valence-corrected chi connectivity index (χ3v) is 4.53. The van der Waals surface area contributed by atoms with Gasteiger partial charge in [-0.15, -0.1) is 11.3 Å². The minimum Gasteiger partial charge on any atom is -0.465 e. The number of rotatable bonds is 3. The normalized spacial score (nSPS) is 10.4. The highest BCUT2D eigenvalue weighted by atomic mass is 79.9. The molecule has 1 aromatic carbocycles. The maximum atomic E-state index is 12.9. The summed E-state index contributed by atoms with van der Waals surface area (Å²) in [5.41, 5.74) is 1.58. The lowest BCUT2D eigenvalue weighted by Crippen LogP contribution is -1.99. The van der Waals surface area contributed by atoms with Gasteiger partial charge < -0.3 is 4.74 Å². The molecule has 0 amide bonds. The Labute approximate surface area is 117 Å². The number of halogens is 2. The van der Waals surface area contributed by atoms with Crippen LogP contribution in [0.25, 0.3) is 11.1 Å². The summed E-state index contributed by atoms with van der Waals surface area (Å²) < 4.78 is 17.7. The highest BCUT2D eigenvalue weighted by Crippen LogP contribution is 2.33. The Morgan fingerprint density at radius 3 is 2.61 bits per heavy atom. The fraction of sp³-hybridized carbons (Fsp3) is 0.154. The number of carbonyl (C=O) groups excluding carboxylic acids is 1. The number of carbonyl (C=O) groups is 1. The van der Waals surface area contributed by atoms with Gasteiger partial charge in [0.05, 0.1) is 7.11 Å². The van der Waals surface area contributed by atoms with Crippen LogP contribution in [-0.2, 0) is 10.1 Å². The molecule has 0 saturated heterocycles. The number of ether oxygens (including phenoxy) is 1. The lowest BCUT2D eigenvalue weighted by molar-refractivity contribution is 0.0607. The van der Waals surface area contributed by atoms with E-state index in [1.54, 1.807) is 12.1 Å². The van der Waals surface area contributed by atoms with Gasteiger partial charge in [0.1, 0.15) is 10.7 Å². The summed E-state index contributed by atoms with van der Waals surface area (Å²) >= 11 is 4.73. The van der Waals surface area contributed by atoms with Gasteiger partial charge in [0.25, 0.3) is 0 Å². The second-order valence-corrected chi connectivity index (χ2v) is 5.29. The van der Waals surface area contributed by atoms with E-state index in [2.05, 4.69) is 15.9 Å². The van der Waals surface area contributed by atoms with Crippen LogP contribution in [0, 0.1) is 5.82 Å². The molecule has 0 saturated carbocycles. The average Bonchev–Trinajstić information content (AvgIpc) is 2.83. The van der Waals surface area contributed by atoms with E-state index in [1.165, 1.54) is 30.6 Å². The third kappa shape index (κ3) is 2.62. The van der Waals surface area contributed by atoms with Gasteiger partial charge in [-0.3, -0.25) is 0 Å². The number of hydrogen-bond acceptors (Lipinski definition) is 3. The Balaban J connectivity index is 2.51. The van der Waals surface area contributed by atoms with Crippen molar-refractivity contribution in [2.45, 2.75) is 5.33 Å². The summed E-state index contributed by atoms with van der Waals surface area (Å²) in [5.74, 6) is -0.666. The van der Waals surface area contributed by atoms with E-state index in [4.69, 9.17) is 4.74 Å². The zero-order valence-corrected chi connectivity index (χ0v) is 12.0. The zero-order chi connectivity index (χ0) is 13.1. The molecular formula is C13H10BrFO2S. The van der Waals surface area contributed by atoms with Crippen molar-refractivity contribution in [3.63, 3.8) is 0 Å². The maximum absolute atomic E-state index is 12.9. The molecule has 5 heteroatoms. The Morgan fingerprint density at radius 2 is 2.06 bits per heavy atom. The second kappa shape index (κ2) is 5.63. The number of alkyl halides is 1. The van der Waals surface area contributed by atoms with Crippen LogP contribution in [0.4, 0.5) is 4.39 Å². The smallest absolute Gasteiger partial charge is 0.348 e. The molecule has 0 N–H and O–H groups in total. The number of esters is 1. The first-order chi connectivity index (χ1) is 8.65. The van der Waals surface area contributed by atoms with Gasteiger partial charge in [-0.2, -0.15) is 0 Å². The molecule has 1 aromatic heterocycles. The van der Waals surface area contributed by atoms with Crippen molar-refractivity contribution in [2.75, 3.05) is 7.11 Å². The summed E-state index contributed by atoms with van der Waals surface area (Å²) in [6.07, 6.45) is 0. The van der Waals surface area contributed by atoms with E-state index in [0.29, 0.717) is 10.2 Å². The van der Waals surface area contributed by atoms with E-state index < -0.39 is 0 Å². The van der Waals surface area contributed by atoms with E-state index in [9.17, 15) is 9.18 Å². The van der Waals surface area contributed by atoms with Gasteiger partial charge in [-0.05, 0) is 23.8 Å². The molecule has 94 valence electrons. The van der Waals surface area contributed by atoms with Crippen molar-refractivity contribution in [2.24, 2.45) is 0 Å². The van der Waals surface area contributed by atoms with Crippen LogP contribution < -0.4 is 0 Å². The fourth-order valence-corrected chi connectivity index (χ4v) is 3.05. The number of thiophene rings is 1. The van der Waals surface area contributed by atoms with Crippen molar-refractivity contribution >= 4 is 33.2 Å². The lowest BCUT2D eigenvalue weighted by atomic mass is 10.1. The first-order valence-electron chi connectivity index (χ1n) is 5.18. The predicted octanol–water partition coefficient (Wildman–Crippen LogP) is 4.24. The maximum Gasteiger partial charge on any atom is 0.348 e. The molecule has 0 aliphatic carbocycles. The summed E-state index contributed by atoms with van der Waals surface area (Å²) in [6.45, 7) is 0. The molecule has 2 rings (SSSR count). The Morgan fingerprint density at radius 1 is 1.39 bits per heavy atom. The molecule has 0 aliphatic rings. The first kappa shape index (κ1) is 13.2. The quantitative estimate of drug-likeness (QED) is 0.622. The molecule has 2 aromatic rings. The van der Waals surface area contributed by atoms with Gasteiger partial charge in [-0.1, -0.05) is 28.1 Å². The van der Waals surface area contributed by atoms with Crippen LogP contribution in [0.1, 0.15) is 14.5 Å². The van der Waals surface area contributed by atoms with Crippen LogP contribution in [-0.4, -0.2) is 13.1 Å². The summed E-state index contributed by atoms with van der Waals surface area (Å²) in [6, 6.07) is 7.98. The lowest BCUT2D eigenvalue weighted by Gasteiger charge is -2.02. The molecule has 18 heavy (non-hydrogen) atoms. The SMILES string of the molecule is COC(=O)c1sc(CBr)cc1-c1ccc(F)cc1. The Bertz CT molecular complexity index is 563. The highest BCUT2D eigenvalue weighted by Gasteiger charge is 2.17. The zero-order valence-electron chi connectivity index (χ0n) is 9.57. The fourth-order valence-electron chi connectivity index (χ4n) is 1.60. The van der Waals surface area contributed by atoms with E-state index in [1.807, 2.05) is 6.07 Å². The summed E-state index contributed by atoms with van der Waals surface area (Å²) in [7, 11) is 1.35. The Hall–Kier alpha value is -1.20. The third-order valence-electron chi connectivity index (χ3n) is 2.44. The number of hydrogen-bond donors (Lipinski definition) is 0. The molecule has 1 heterocycles. The number of benzene rings is 1. The molecule has 0 spiro atoms. The molecular weight excluding hydrogens is 319 g/mol. The summed E-state index contributed by atoms with van der Waals surface area (Å²) in [4.78, 5) is 13.3. The molecule has 0 radical (unpaired) electrons. The average molecular weight is 329 g/mol. The molecule has 2 nitrogen and oxygen atoms in total. The van der Waals surface area contributed by atoms with Crippen molar-refractivity contribution in [1.82, 2.24) is 0 Å². The van der Waals surface area contributed by atoms with E-state index >= 15 is 0 Å². The number of methoxy groups -OCH3 is 1. The first-order valence-corrected chi connectivity index (χ1v) is 7.12. The standard InChI is InChI=1S/C13H10BrFO2S/c1-17-13(16)12-11(6-10(7-14)18-12)8-2-4-9(15)5-3-8/h2-6H,7H2,1H3. The topological polar surface area (TPSA) is 26.3 Å². The van der Waals surface area contributed by atoms with Gasteiger partial charge in [0.2, 0.25) is 0 Å². The monoisotopic (exact) mass is 328 g/mol. The van der Waals surface area contributed by atoms with Gasteiger partial charge in [0, 0.05) is 15.8 Å². The van der Waals surface area contributed by atoms with Crippen LogP contribution in [0.3, 0.4) is 0 Å². The molecule has 0 bridgehead atoms. The van der Waals surface area contributed by atoms with Crippen LogP contribution in [0.15, 0.2) is 30.3 Å². The predicted molar refractivity (Wildman–Crippen MR) is 73.7 cm³/mol. The summed E-state index contributed by atoms with van der Waals surface area (Å²) in [5, 5.41) is 0.669. The minimum atomic E-state index is -0.369. The van der Waals surface area contributed by atoms with Gasteiger partial charge in [0.15, 0.2) is 0 Å². The van der Waals surface area contributed by atoms with Crippen molar-refractivity contribution in [3.05, 3.63) is 45.9 Å². The van der Waals surface area contributed by atoms with Gasteiger partial charge >= 0.3 is 5.97 Å². The molecule has 0 atom stereocenters. The van der Waals surface area contributed by atoms with Crippen molar-refractivity contribution in [1.29, 1.82) is 0 Å². The van der Waals surface area contributed by atoms with Crippen LogP contribution in [0.2, 0.25) is 0 Å². The Kier molecular flexibility index (Phi) is 4.14. The molecule has 0 aliphatic heterocycles. The van der Waals surface area contributed by atoms with E-state index in [-0.39, 0.29) is 11.8 Å². The van der Waals surface area contributed by atoms with Crippen LogP contribution in [0.5, 0.6) is 0 Å². The second-order valence-electron chi connectivity index (χ2n) is 3.59. The molecule has 0 fully saturated rings. The van der Waals surface area contributed by atoms with Crippen LogP contribution >= 0.6 is 27.3 Å². The van der Waals surface area contributed by atoms with E-state index in [0.717, 1.165) is 16.0 Å². The molecule has 0 unspecified atom stereocenters. The highest BCUT2D eigenvalue weighted by molar-refractivity contribution is 9.08. The largest absolute Gasteiger partial charge is 0.465 e. The van der Waals surface area contributed by atoms with Crippen molar-refractivity contribution in [3.8, 4) is 11.1 Å². The van der Waals surface area contributed by atoms with Crippen molar-refractivity contribution < 1.29 is 13.9 Å². The van der Waals surface area contributed by atoms with Gasteiger partial charge in [-0.25, -0.2) is 9.18 Å². The minimum absolute atomic E-state index is 0.297.